The van der Waals surface area contributed by atoms with Gasteiger partial charge in [-0.1, -0.05) is 4.32 Å². The molecule has 0 unspecified atom stereocenters. The zero-order chi connectivity index (χ0) is 7.98. The molecule has 0 saturated heterocycles. The molecule has 0 heterocycles. The molecule has 1 N–H and O–H groups in total. The third-order valence-corrected chi connectivity index (χ3v) is 1.52. The fraction of sp³-hybridized carbons (Fsp3) is 0.600. The number of hydrogen-bond acceptors (Lipinski definition) is 4. The molecule has 0 aliphatic carbocycles. The summed E-state index contributed by atoms with van der Waals surface area (Å²) in [7, 11) is 0. The molecule has 0 bridgehead atoms. The van der Waals surface area contributed by atoms with Crippen molar-refractivity contribution in [3.63, 3.8) is 0 Å². The van der Waals surface area contributed by atoms with Gasteiger partial charge in [0.15, 0.2) is 0 Å². The largest absolute Gasteiger partial charge is 2.00 e. The van der Waals surface area contributed by atoms with Crippen molar-refractivity contribution in [3.05, 3.63) is 0 Å². The Morgan fingerprint density at radius 3 is 2.18 bits per heavy atom. The molecule has 0 aliphatic rings. The Bertz CT molecular complexity index is 122. The molecule has 0 spiro atoms. The second kappa shape index (κ2) is 9.13. The quantitative estimate of drug-likeness (QED) is 0.355. The standard InChI is InChI=1S/C5H9NS4.Zn/c7-4(8)2-1-3-6-5(9)10;/h1-3H2,(H,7,8)(H2,6,9,10);/q;+2/p-2. The smallest absolute Gasteiger partial charge is 0.433 e. The molecule has 0 fully saturated rings. The second-order valence-corrected chi connectivity index (χ2v) is 4.01. The molecule has 0 aromatic heterocycles. The van der Waals surface area contributed by atoms with E-state index in [1.807, 2.05) is 0 Å². The van der Waals surface area contributed by atoms with Crippen LogP contribution in [-0.4, -0.2) is 15.1 Å². The Hall–Kier alpha value is 1.04. The van der Waals surface area contributed by atoms with Gasteiger partial charge in [-0.3, -0.25) is 0 Å². The summed E-state index contributed by atoms with van der Waals surface area (Å²) in [6.07, 6.45) is 1.70. The van der Waals surface area contributed by atoms with Crippen LogP contribution >= 0.6 is 24.4 Å². The first-order chi connectivity index (χ1) is 4.63. The van der Waals surface area contributed by atoms with Crippen molar-refractivity contribution in [2.24, 2.45) is 0 Å². The monoisotopic (exact) mass is 273 g/mol. The Kier molecular flexibility index (Phi) is 12.1. The van der Waals surface area contributed by atoms with Gasteiger partial charge in [0, 0.05) is 6.54 Å². The van der Waals surface area contributed by atoms with Crippen molar-refractivity contribution in [3.8, 4) is 0 Å². The van der Waals surface area contributed by atoms with Gasteiger partial charge < -0.3 is 55.0 Å². The van der Waals surface area contributed by atoms with E-state index in [2.05, 4.69) is 30.2 Å². The molecule has 0 atom stereocenters. The second-order valence-electron chi connectivity index (χ2n) is 1.69. The maximum atomic E-state index is 4.70. The minimum atomic E-state index is 0. The zero-order valence-corrected chi connectivity index (χ0v) is 12.2. The van der Waals surface area contributed by atoms with E-state index in [0.717, 1.165) is 19.4 Å². The molecule has 0 radical (unpaired) electrons. The maximum Gasteiger partial charge on any atom is 2.00 e. The van der Waals surface area contributed by atoms with Gasteiger partial charge in [0.2, 0.25) is 0 Å². The van der Waals surface area contributed by atoms with Crippen LogP contribution in [0, 0.1) is 0 Å². The predicted octanol–water partition coefficient (Wildman–Crippen LogP) is 1.06. The summed E-state index contributed by atoms with van der Waals surface area (Å²) in [6, 6.07) is 0. The third kappa shape index (κ3) is 14.0. The molecular formula is C5H7NS4Zn. The summed E-state index contributed by atoms with van der Waals surface area (Å²) >= 11 is 18.6. The van der Waals surface area contributed by atoms with Gasteiger partial charge >= 0.3 is 19.5 Å². The zero-order valence-electron chi connectivity index (χ0n) is 5.96. The maximum absolute atomic E-state index is 4.70. The van der Waals surface area contributed by atoms with Crippen molar-refractivity contribution in [1.29, 1.82) is 0 Å². The summed E-state index contributed by atoms with van der Waals surface area (Å²) in [6.45, 7) is 0.777. The number of nitrogens with one attached hydrogen (secondary N) is 1. The summed E-state index contributed by atoms with van der Waals surface area (Å²) in [5.74, 6) is 0. The molecule has 6 heteroatoms. The SMILES string of the molecule is S=C([S-])CCCNC(=S)[S-].[Zn+2]. The van der Waals surface area contributed by atoms with Gasteiger partial charge in [0.25, 0.3) is 0 Å². The van der Waals surface area contributed by atoms with Gasteiger partial charge in [-0.2, -0.15) is 4.20 Å². The van der Waals surface area contributed by atoms with Gasteiger partial charge in [-0.25, -0.2) is 0 Å². The Morgan fingerprint density at radius 1 is 1.27 bits per heavy atom. The van der Waals surface area contributed by atoms with Crippen molar-refractivity contribution >= 4 is 58.2 Å². The van der Waals surface area contributed by atoms with Crippen LogP contribution in [0.2, 0.25) is 0 Å². The van der Waals surface area contributed by atoms with E-state index in [0.29, 0.717) is 8.52 Å². The van der Waals surface area contributed by atoms with Crippen LogP contribution in [0.5, 0.6) is 0 Å². The summed E-state index contributed by atoms with van der Waals surface area (Å²) in [5, 5.41) is 2.84. The van der Waals surface area contributed by atoms with Crippen LogP contribution < -0.4 is 5.32 Å². The Labute approximate surface area is 102 Å². The Balaban J connectivity index is 0. The molecule has 0 aliphatic heterocycles. The topological polar surface area (TPSA) is 12.0 Å². The Morgan fingerprint density at radius 2 is 1.82 bits per heavy atom. The number of rotatable bonds is 4. The molecule has 0 amide bonds. The molecule has 0 saturated carbocycles. The van der Waals surface area contributed by atoms with E-state index in [9.17, 15) is 0 Å². The van der Waals surface area contributed by atoms with Crippen molar-refractivity contribution in [2.75, 3.05) is 6.54 Å². The van der Waals surface area contributed by atoms with Crippen molar-refractivity contribution < 1.29 is 19.5 Å². The summed E-state index contributed by atoms with van der Waals surface area (Å²) < 4.78 is 1.03. The van der Waals surface area contributed by atoms with E-state index < -0.39 is 0 Å². The predicted molar refractivity (Wildman–Crippen MR) is 57.2 cm³/mol. The van der Waals surface area contributed by atoms with Crippen molar-refractivity contribution in [1.82, 2.24) is 5.32 Å². The van der Waals surface area contributed by atoms with E-state index >= 15 is 0 Å². The van der Waals surface area contributed by atoms with Gasteiger partial charge in [0.05, 0.1) is 0 Å². The van der Waals surface area contributed by atoms with Crippen LogP contribution in [0.3, 0.4) is 0 Å². The average Bonchev–Trinajstić information content (AvgIpc) is 1.79. The third-order valence-electron chi connectivity index (χ3n) is 0.827. The average molecular weight is 275 g/mol. The van der Waals surface area contributed by atoms with Gasteiger partial charge in [-0.15, -0.1) is 0 Å². The summed E-state index contributed by atoms with van der Waals surface area (Å²) in [5.41, 5.74) is 0. The van der Waals surface area contributed by atoms with Crippen LogP contribution in [0.1, 0.15) is 12.8 Å². The minimum Gasteiger partial charge on any atom is -0.433 e. The van der Waals surface area contributed by atoms with Gasteiger partial charge in [-0.05, 0) is 12.8 Å². The fourth-order valence-corrected chi connectivity index (χ4v) is 0.916. The molecular weight excluding hydrogens is 268 g/mol. The minimum absolute atomic E-state index is 0. The molecule has 0 aromatic carbocycles. The number of hydrogen-bond donors (Lipinski definition) is 1. The van der Waals surface area contributed by atoms with E-state index in [1.54, 1.807) is 0 Å². The van der Waals surface area contributed by atoms with Crippen LogP contribution in [0.15, 0.2) is 0 Å². The molecule has 1 nitrogen and oxygen atoms in total. The molecule has 11 heavy (non-hydrogen) atoms. The number of thiocarbonyl (C=S) groups is 2. The van der Waals surface area contributed by atoms with Crippen molar-refractivity contribution in [2.45, 2.75) is 12.8 Å². The van der Waals surface area contributed by atoms with Crippen LogP contribution in [0.25, 0.3) is 0 Å². The van der Waals surface area contributed by atoms with Gasteiger partial charge in [0.1, 0.15) is 0 Å². The summed E-state index contributed by atoms with van der Waals surface area (Å²) in [4.78, 5) is 0. The van der Waals surface area contributed by atoms with Crippen LogP contribution in [0.4, 0.5) is 0 Å². The fourth-order valence-electron chi connectivity index (χ4n) is 0.423. The molecule has 0 aromatic rings. The first kappa shape index (κ1) is 14.6. The first-order valence-electron chi connectivity index (χ1n) is 2.77. The normalized spacial score (nSPS) is 8.00. The van der Waals surface area contributed by atoms with E-state index in [-0.39, 0.29) is 19.5 Å². The van der Waals surface area contributed by atoms with Crippen LogP contribution in [-0.2, 0) is 44.7 Å². The first-order valence-corrected chi connectivity index (χ1v) is 4.41. The molecule has 58 valence electrons. The van der Waals surface area contributed by atoms with E-state index in [4.69, 9.17) is 24.8 Å². The van der Waals surface area contributed by atoms with E-state index in [1.165, 1.54) is 0 Å². The molecule has 0 rings (SSSR count).